The van der Waals surface area contributed by atoms with Crippen molar-refractivity contribution in [2.45, 2.75) is 19.0 Å². The minimum absolute atomic E-state index is 0.0943. The molecule has 3 rings (SSSR count). The van der Waals surface area contributed by atoms with E-state index in [0.717, 1.165) is 18.7 Å². The first-order valence-corrected chi connectivity index (χ1v) is 8.39. The van der Waals surface area contributed by atoms with Crippen LogP contribution in [-0.4, -0.2) is 32.7 Å². The number of amides is 1. The van der Waals surface area contributed by atoms with Crippen molar-refractivity contribution in [1.29, 1.82) is 0 Å². The van der Waals surface area contributed by atoms with Crippen molar-refractivity contribution in [2.75, 3.05) is 25.7 Å². The summed E-state index contributed by atoms with van der Waals surface area (Å²) in [5, 5.41) is 5.39. The third kappa shape index (κ3) is 3.48. The van der Waals surface area contributed by atoms with Gasteiger partial charge in [-0.05, 0) is 17.9 Å². The van der Waals surface area contributed by atoms with E-state index in [1.54, 1.807) is 36.5 Å². The molecule has 5 nitrogen and oxygen atoms in total. The van der Waals surface area contributed by atoms with Crippen LogP contribution in [0.4, 0.5) is 5.69 Å². The number of thiophene rings is 1. The van der Waals surface area contributed by atoms with Crippen LogP contribution in [0.15, 0.2) is 35.7 Å². The van der Waals surface area contributed by atoms with E-state index in [1.807, 2.05) is 23.6 Å². The zero-order valence-corrected chi connectivity index (χ0v) is 14.1. The monoisotopic (exact) mass is 332 g/mol. The summed E-state index contributed by atoms with van der Waals surface area (Å²) in [6.45, 7) is 1.42. The number of nitrogens with zero attached hydrogens (tertiary/aromatic N) is 1. The van der Waals surface area contributed by atoms with Gasteiger partial charge in [0.05, 0.1) is 25.9 Å². The summed E-state index contributed by atoms with van der Waals surface area (Å²) >= 11 is 1.69. The second-order valence-corrected chi connectivity index (χ2v) is 6.39. The van der Waals surface area contributed by atoms with Crippen LogP contribution in [0.25, 0.3) is 0 Å². The topological polar surface area (TPSA) is 50.8 Å². The van der Waals surface area contributed by atoms with Crippen molar-refractivity contribution in [3.8, 4) is 11.5 Å². The van der Waals surface area contributed by atoms with E-state index in [0.29, 0.717) is 18.0 Å². The predicted octanol–water partition coefficient (Wildman–Crippen LogP) is 2.66. The Labute approximate surface area is 139 Å². The minimum Gasteiger partial charge on any atom is -0.497 e. The van der Waals surface area contributed by atoms with E-state index in [1.165, 1.54) is 4.88 Å². The largest absolute Gasteiger partial charge is 0.497 e. The minimum atomic E-state index is -0.144. The molecule has 0 spiro atoms. The third-order valence-electron chi connectivity index (χ3n) is 3.96. The van der Waals surface area contributed by atoms with Gasteiger partial charge in [0.1, 0.15) is 11.5 Å². The zero-order chi connectivity index (χ0) is 16.2. The Balaban J connectivity index is 1.71. The summed E-state index contributed by atoms with van der Waals surface area (Å²) in [6, 6.07) is 9.48. The molecule has 0 radical (unpaired) electrons. The van der Waals surface area contributed by atoms with Crippen LogP contribution in [0.3, 0.4) is 0 Å². The number of nitrogens with one attached hydrogen (secondary N) is 1. The maximum atomic E-state index is 12.6. The molecule has 1 aliphatic rings. The molecule has 1 N–H and O–H groups in total. The molecule has 1 atom stereocenters. The highest BCUT2D eigenvalue weighted by atomic mass is 32.1. The Bertz CT molecular complexity index is 650. The molecule has 2 aromatic rings. The highest BCUT2D eigenvalue weighted by Gasteiger charge is 2.32. The van der Waals surface area contributed by atoms with Gasteiger partial charge in [-0.2, -0.15) is 0 Å². The van der Waals surface area contributed by atoms with E-state index < -0.39 is 0 Å². The standard InChI is InChI=1S/C17H20N2O3S/c1-21-13-8-12(9-14(10-13)22-2)19-6-5-16(17(19)20)18-11-15-4-3-7-23-15/h3-4,7-10,16,18H,5-6,11H2,1-2H3/t16-/m1/s1. The molecular weight excluding hydrogens is 312 g/mol. The molecule has 1 saturated heterocycles. The highest BCUT2D eigenvalue weighted by Crippen LogP contribution is 2.31. The predicted molar refractivity (Wildman–Crippen MR) is 91.5 cm³/mol. The number of hydrogen-bond acceptors (Lipinski definition) is 5. The number of anilines is 1. The fourth-order valence-electron chi connectivity index (χ4n) is 2.71. The smallest absolute Gasteiger partial charge is 0.244 e. The molecule has 0 unspecified atom stereocenters. The van der Waals surface area contributed by atoms with Gasteiger partial charge < -0.3 is 19.7 Å². The maximum absolute atomic E-state index is 12.6. The van der Waals surface area contributed by atoms with Crippen molar-refractivity contribution in [2.24, 2.45) is 0 Å². The fourth-order valence-corrected chi connectivity index (χ4v) is 3.37. The Morgan fingerprint density at radius 3 is 2.61 bits per heavy atom. The highest BCUT2D eigenvalue weighted by molar-refractivity contribution is 7.09. The number of rotatable bonds is 6. The molecule has 0 bridgehead atoms. The summed E-state index contributed by atoms with van der Waals surface area (Å²) < 4.78 is 10.6. The van der Waals surface area contributed by atoms with E-state index in [2.05, 4.69) is 11.4 Å². The maximum Gasteiger partial charge on any atom is 0.244 e. The van der Waals surface area contributed by atoms with Crippen molar-refractivity contribution in [3.05, 3.63) is 40.6 Å². The Hall–Kier alpha value is -2.05. The van der Waals surface area contributed by atoms with E-state index in [4.69, 9.17) is 9.47 Å². The number of carbonyl (C=O) groups is 1. The van der Waals surface area contributed by atoms with Crippen molar-refractivity contribution in [1.82, 2.24) is 5.32 Å². The Morgan fingerprint density at radius 1 is 1.26 bits per heavy atom. The molecule has 1 aliphatic heterocycles. The van der Waals surface area contributed by atoms with Gasteiger partial charge in [-0.15, -0.1) is 11.3 Å². The molecule has 0 saturated carbocycles. The van der Waals surface area contributed by atoms with Gasteiger partial charge in [-0.25, -0.2) is 0 Å². The first-order chi connectivity index (χ1) is 11.2. The number of methoxy groups -OCH3 is 2. The lowest BCUT2D eigenvalue weighted by Gasteiger charge is -2.19. The van der Waals surface area contributed by atoms with Gasteiger partial charge in [-0.1, -0.05) is 6.07 Å². The molecule has 1 aromatic heterocycles. The van der Waals surface area contributed by atoms with Crippen molar-refractivity contribution in [3.63, 3.8) is 0 Å². The molecule has 122 valence electrons. The number of benzene rings is 1. The molecule has 0 aliphatic carbocycles. The molecule has 2 heterocycles. The Kier molecular flexibility index (Phi) is 4.83. The zero-order valence-electron chi connectivity index (χ0n) is 13.2. The van der Waals surface area contributed by atoms with E-state index >= 15 is 0 Å². The van der Waals surface area contributed by atoms with Crippen LogP contribution in [0.1, 0.15) is 11.3 Å². The Morgan fingerprint density at radius 2 is 2.00 bits per heavy atom. The molecule has 1 fully saturated rings. The summed E-state index contributed by atoms with van der Waals surface area (Å²) in [4.78, 5) is 15.7. The van der Waals surface area contributed by atoms with Crippen LogP contribution >= 0.6 is 11.3 Å². The van der Waals surface area contributed by atoms with Crippen LogP contribution in [0.2, 0.25) is 0 Å². The SMILES string of the molecule is COc1cc(OC)cc(N2CC[C@@H](NCc3cccs3)C2=O)c1. The lowest BCUT2D eigenvalue weighted by atomic mass is 10.2. The summed E-state index contributed by atoms with van der Waals surface area (Å²) in [7, 11) is 3.21. The summed E-state index contributed by atoms with van der Waals surface area (Å²) in [5.74, 6) is 1.46. The van der Waals surface area contributed by atoms with Gasteiger partial charge in [0, 0.05) is 36.2 Å². The lowest BCUT2D eigenvalue weighted by molar-refractivity contribution is -0.118. The second-order valence-electron chi connectivity index (χ2n) is 5.36. The van der Waals surface area contributed by atoms with Crippen molar-refractivity contribution < 1.29 is 14.3 Å². The van der Waals surface area contributed by atoms with E-state index in [-0.39, 0.29) is 11.9 Å². The van der Waals surface area contributed by atoms with Gasteiger partial charge in [0.25, 0.3) is 0 Å². The molecule has 6 heteroatoms. The first-order valence-electron chi connectivity index (χ1n) is 7.51. The normalized spacial score (nSPS) is 17.6. The fraction of sp³-hybridized carbons (Fsp3) is 0.353. The van der Waals surface area contributed by atoms with Gasteiger partial charge in [-0.3, -0.25) is 4.79 Å². The average Bonchev–Trinajstić information content (AvgIpc) is 3.22. The van der Waals surface area contributed by atoms with Crippen LogP contribution in [-0.2, 0) is 11.3 Å². The first kappa shape index (κ1) is 15.8. The number of carbonyl (C=O) groups excluding carboxylic acids is 1. The van der Waals surface area contributed by atoms with Crippen LogP contribution in [0, 0.1) is 0 Å². The van der Waals surface area contributed by atoms with Crippen molar-refractivity contribution >= 4 is 22.9 Å². The number of hydrogen-bond donors (Lipinski definition) is 1. The quantitative estimate of drug-likeness (QED) is 0.884. The summed E-state index contributed by atoms with van der Waals surface area (Å²) in [6.07, 6.45) is 0.795. The molecule has 1 aromatic carbocycles. The second kappa shape index (κ2) is 7.02. The van der Waals surface area contributed by atoms with Crippen LogP contribution in [0.5, 0.6) is 11.5 Å². The summed E-state index contributed by atoms with van der Waals surface area (Å²) in [5.41, 5.74) is 0.812. The van der Waals surface area contributed by atoms with Crippen LogP contribution < -0.4 is 19.7 Å². The molecule has 1 amide bonds. The van der Waals surface area contributed by atoms with E-state index in [9.17, 15) is 4.79 Å². The average molecular weight is 332 g/mol. The van der Waals surface area contributed by atoms with Gasteiger partial charge in [0.15, 0.2) is 0 Å². The third-order valence-corrected chi connectivity index (χ3v) is 4.83. The van der Waals surface area contributed by atoms with Gasteiger partial charge >= 0.3 is 0 Å². The molecular formula is C17H20N2O3S. The lowest BCUT2D eigenvalue weighted by Crippen LogP contribution is -2.37. The van der Waals surface area contributed by atoms with Gasteiger partial charge in [0.2, 0.25) is 5.91 Å². The molecule has 23 heavy (non-hydrogen) atoms. The number of ether oxygens (including phenoxy) is 2.